The van der Waals surface area contributed by atoms with E-state index in [4.69, 9.17) is 10.8 Å². The Labute approximate surface area is 98.1 Å². The fourth-order valence-corrected chi connectivity index (χ4v) is 1.85. The van der Waals surface area contributed by atoms with Crippen molar-refractivity contribution in [3.63, 3.8) is 0 Å². The molecule has 1 unspecified atom stereocenters. The van der Waals surface area contributed by atoms with Crippen LogP contribution in [0.5, 0.6) is 0 Å². The number of carboxylic acid groups (broad SMARTS) is 1. The Morgan fingerprint density at radius 1 is 1.59 bits per heavy atom. The topological polar surface area (TPSA) is 93.5 Å². The van der Waals surface area contributed by atoms with Crippen molar-refractivity contribution >= 4 is 11.7 Å². The molecule has 2 heterocycles. The number of carboxylic acids is 1. The molecule has 6 heteroatoms. The van der Waals surface area contributed by atoms with Crippen molar-refractivity contribution in [2.75, 3.05) is 0 Å². The summed E-state index contributed by atoms with van der Waals surface area (Å²) >= 11 is 0. The number of hydrogen-bond acceptors (Lipinski definition) is 4. The first kappa shape index (κ1) is 11.5. The maximum Gasteiger partial charge on any atom is 0.320 e. The van der Waals surface area contributed by atoms with Gasteiger partial charge in [0.1, 0.15) is 6.04 Å². The van der Waals surface area contributed by atoms with Crippen LogP contribution in [0.4, 0.5) is 0 Å². The highest BCUT2D eigenvalue weighted by Gasteiger charge is 2.16. The number of rotatable bonds is 3. The fourth-order valence-electron chi connectivity index (χ4n) is 1.85. The van der Waals surface area contributed by atoms with Gasteiger partial charge in [-0.25, -0.2) is 9.97 Å². The number of aliphatic carboxylic acids is 1. The zero-order valence-electron chi connectivity index (χ0n) is 9.71. The molecule has 3 N–H and O–H groups in total. The average molecular weight is 234 g/mol. The number of nitrogens with two attached hydrogens (primary N) is 1. The zero-order valence-corrected chi connectivity index (χ0v) is 9.71. The van der Waals surface area contributed by atoms with Crippen LogP contribution >= 0.6 is 0 Å². The van der Waals surface area contributed by atoms with E-state index < -0.39 is 12.0 Å². The molecule has 0 aliphatic carbocycles. The van der Waals surface area contributed by atoms with Gasteiger partial charge in [-0.2, -0.15) is 0 Å². The number of aryl methyl sites for hydroxylation is 2. The maximum atomic E-state index is 10.7. The summed E-state index contributed by atoms with van der Waals surface area (Å²) in [6, 6.07) is 1.00. The monoisotopic (exact) mass is 234 g/mol. The van der Waals surface area contributed by atoms with Crippen molar-refractivity contribution in [2.24, 2.45) is 5.73 Å². The number of carbonyl (C=O) groups is 1. The molecule has 0 aliphatic rings. The van der Waals surface area contributed by atoms with E-state index in [1.165, 1.54) is 0 Å². The van der Waals surface area contributed by atoms with Gasteiger partial charge < -0.3 is 10.8 Å². The average Bonchev–Trinajstić information content (AvgIpc) is 2.60. The molecule has 0 radical (unpaired) electrons. The minimum atomic E-state index is -1.02. The number of hydrogen-bond donors (Lipinski definition) is 2. The molecule has 2 aromatic heterocycles. The van der Waals surface area contributed by atoms with Crippen molar-refractivity contribution in [2.45, 2.75) is 26.3 Å². The van der Waals surface area contributed by atoms with Crippen molar-refractivity contribution in [3.05, 3.63) is 29.3 Å². The second-order valence-electron chi connectivity index (χ2n) is 4.07. The van der Waals surface area contributed by atoms with Crippen LogP contribution in [0, 0.1) is 13.8 Å². The van der Waals surface area contributed by atoms with Crippen LogP contribution in [0.15, 0.2) is 12.3 Å². The highest BCUT2D eigenvalue weighted by atomic mass is 16.4. The molecule has 0 saturated carbocycles. The molecule has 0 fully saturated rings. The van der Waals surface area contributed by atoms with Gasteiger partial charge in [0.25, 0.3) is 0 Å². The lowest BCUT2D eigenvalue weighted by Gasteiger charge is -2.08. The summed E-state index contributed by atoms with van der Waals surface area (Å²) in [6.45, 7) is 3.82. The first-order valence-corrected chi connectivity index (χ1v) is 5.28. The minimum absolute atomic E-state index is 0.238. The Morgan fingerprint density at radius 2 is 2.29 bits per heavy atom. The molecule has 0 saturated heterocycles. The fraction of sp³-hybridized carbons (Fsp3) is 0.364. The lowest BCUT2D eigenvalue weighted by Crippen LogP contribution is -2.32. The van der Waals surface area contributed by atoms with Gasteiger partial charge >= 0.3 is 5.97 Å². The van der Waals surface area contributed by atoms with Crippen LogP contribution < -0.4 is 5.73 Å². The quantitative estimate of drug-likeness (QED) is 0.796. The summed E-state index contributed by atoms with van der Waals surface area (Å²) in [4.78, 5) is 19.2. The summed E-state index contributed by atoms with van der Waals surface area (Å²) in [5.74, 6) is -0.437. The van der Waals surface area contributed by atoms with Gasteiger partial charge in [-0.15, -0.1) is 0 Å². The number of nitrogens with zero attached hydrogens (tertiary/aromatic N) is 3. The Hall–Kier alpha value is -1.95. The highest BCUT2D eigenvalue weighted by Crippen LogP contribution is 2.11. The van der Waals surface area contributed by atoms with Gasteiger partial charge in [0.2, 0.25) is 5.78 Å². The molecule has 1 atom stereocenters. The standard InChI is InChI=1S/C11H14N4O2/c1-6-3-7(2)15-8(4-9(12)10(16)17)5-13-11(15)14-6/h3,5,9H,4,12H2,1-2H3,(H,16,17). The Bertz CT molecular complexity index is 576. The molecular formula is C11H14N4O2. The first-order chi connectivity index (χ1) is 7.99. The number of imidazole rings is 1. The van der Waals surface area contributed by atoms with E-state index in [1.54, 1.807) is 6.20 Å². The van der Waals surface area contributed by atoms with Crippen molar-refractivity contribution < 1.29 is 9.90 Å². The number of fused-ring (bicyclic) bond motifs is 1. The molecule has 0 aromatic carbocycles. The molecule has 90 valence electrons. The molecule has 6 nitrogen and oxygen atoms in total. The molecule has 0 bridgehead atoms. The van der Waals surface area contributed by atoms with Gasteiger partial charge in [0.05, 0.1) is 6.20 Å². The van der Waals surface area contributed by atoms with E-state index in [-0.39, 0.29) is 6.42 Å². The van der Waals surface area contributed by atoms with Gasteiger partial charge in [-0.3, -0.25) is 9.20 Å². The van der Waals surface area contributed by atoms with Gasteiger partial charge in [0, 0.05) is 23.5 Å². The maximum absolute atomic E-state index is 10.7. The predicted octanol–water partition coefficient (Wildman–Crippen LogP) is 0.301. The molecule has 2 aromatic rings. The SMILES string of the molecule is Cc1cc(C)n2c(CC(N)C(=O)O)cnc2n1. The third-order valence-corrected chi connectivity index (χ3v) is 2.61. The van der Waals surface area contributed by atoms with E-state index in [1.807, 2.05) is 24.3 Å². The summed E-state index contributed by atoms with van der Waals surface area (Å²) < 4.78 is 1.83. The van der Waals surface area contributed by atoms with E-state index in [2.05, 4.69) is 9.97 Å². The van der Waals surface area contributed by atoms with Crippen LogP contribution in [-0.2, 0) is 11.2 Å². The molecule has 2 rings (SSSR count). The molecule has 0 aliphatic heterocycles. The molecular weight excluding hydrogens is 220 g/mol. The van der Waals surface area contributed by atoms with E-state index >= 15 is 0 Å². The Kier molecular flexibility index (Phi) is 2.81. The van der Waals surface area contributed by atoms with Gasteiger partial charge in [-0.1, -0.05) is 0 Å². The van der Waals surface area contributed by atoms with Crippen LogP contribution in [0.3, 0.4) is 0 Å². The second-order valence-corrected chi connectivity index (χ2v) is 4.07. The predicted molar refractivity (Wildman–Crippen MR) is 61.8 cm³/mol. The van der Waals surface area contributed by atoms with Crippen molar-refractivity contribution in [3.8, 4) is 0 Å². The first-order valence-electron chi connectivity index (χ1n) is 5.28. The summed E-state index contributed by atoms with van der Waals surface area (Å²) in [6.07, 6.45) is 1.86. The summed E-state index contributed by atoms with van der Waals surface area (Å²) in [5.41, 5.74) is 8.14. The zero-order chi connectivity index (χ0) is 12.6. The third-order valence-electron chi connectivity index (χ3n) is 2.61. The van der Waals surface area contributed by atoms with E-state index in [0.29, 0.717) is 5.78 Å². The van der Waals surface area contributed by atoms with Crippen molar-refractivity contribution in [1.29, 1.82) is 0 Å². The van der Waals surface area contributed by atoms with Crippen LogP contribution in [0.1, 0.15) is 17.1 Å². The van der Waals surface area contributed by atoms with Gasteiger partial charge in [-0.05, 0) is 19.9 Å². The second kappa shape index (κ2) is 4.14. The largest absolute Gasteiger partial charge is 0.480 e. The van der Waals surface area contributed by atoms with Crippen LogP contribution in [0.2, 0.25) is 0 Å². The summed E-state index contributed by atoms with van der Waals surface area (Å²) in [7, 11) is 0. The normalized spacial score (nSPS) is 12.9. The van der Waals surface area contributed by atoms with E-state index in [9.17, 15) is 4.79 Å². The van der Waals surface area contributed by atoms with Crippen molar-refractivity contribution in [1.82, 2.24) is 14.4 Å². The number of aromatic nitrogens is 3. The van der Waals surface area contributed by atoms with Gasteiger partial charge in [0.15, 0.2) is 0 Å². The Morgan fingerprint density at radius 3 is 2.94 bits per heavy atom. The van der Waals surface area contributed by atoms with E-state index in [0.717, 1.165) is 17.1 Å². The van der Waals surface area contributed by atoms with Crippen LogP contribution in [-0.4, -0.2) is 31.5 Å². The molecule has 0 amide bonds. The Balaban J connectivity index is 2.46. The highest BCUT2D eigenvalue weighted by molar-refractivity contribution is 5.73. The smallest absolute Gasteiger partial charge is 0.320 e. The molecule has 17 heavy (non-hydrogen) atoms. The minimum Gasteiger partial charge on any atom is -0.480 e. The third kappa shape index (κ3) is 2.12. The summed E-state index contributed by atoms with van der Waals surface area (Å²) in [5, 5.41) is 8.80. The molecule has 0 spiro atoms. The lowest BCUT2D eigenvalue weighted by atomic mass is 10.2. The van der Waals surface area contributed by atoms with Crippen LogP contribution in [0.25, 0.3) is 5.78 Å². The lowest BCUT2D eigenvalue weighted by molar-refractivity contribution is -0.138.